The smallest absolute Gasteiger partial charge is 0.226 e. The van der Waals surface area contributed by atoms with Crippen molar-refractivity contribution in [2.75, 3.05) is 26.7 Å². The summed E-state index contributed by atoms with van der Waals surface area (Å²) in [4.78, 5) is 14.6. The van der Waals surface area contributed by atoms with Crippen molar-refractivity contribution in [2.24, 2.45) is 29.1 Å². The number of carbonyl (C=O) groups is 1. The fourth-order valence-electron chi connectivity index (χ4n) is 6.24. The van der Waals surface area contributed by atoms with Gasteiger partial charge in [-0.25, -0.2) is 0 Å². The van der Waals surface area contributed by atoms with Crippen molar-refractivity contribution in [3.05, 3.63) is 0 Å². The van der Waals surface area contributed by atoms with E-state index < -0.39 is 0 Å². The Morgan fingerprint density at radius 3 is 2.19 bits per heavy atom. The minimum atomic E-state index is 0. The van der Waals surface area contributed by atoms with Crippen LogP contribution in [0.5, 0.6) is 0 Å². The van der Waals surface area contributed by atoms with Crippen molar-refractivity contribution in [1.82, 2.24) is 10.2 Å². The minimum absolute atomic E-state index is 0. The summed E-state index contributed by atoms with van der Waals surface area (Å²) in [6, 6.07) is 0. The second-order valence-corrected chi connectivity index (χ2v) is 8.30. The van der Waals surface area contributed by atoms with E-state index in [0.717, 1.165) is 43.8 Å². The summed E-state index contributed by atoms with van der Waals surface area (Å²) in [6.45, 7) is 2.94. The van der Waals surface area contributed by atoms with Gasteiger partial charge in [-0.1, -0.05) is 0 Å². The summed E-state index contributed by atoms with van der Waals surface area (Å²) in [5.74, 6) is 3.59. The highest BCUT2D eigenvalue weighted by molar-refractivity contribution is 5.85. The number of amides is 1. The van der Waals surface area contributed by atoms with Gasteiger partial charge in [0.2, 0.25) is 5.91 Å². The Morgan fingerprint density at radius 2 is 1.71 bits per heavy atom. The monoisotopic (exact) mass is 312 g/mol. The summed E-state index contributed by atoms with van der Waals surface area (Å²) in [5.41, 5.74) is 0.491. The van der Waals surface area contributed by atoms with E-state index in [9.17, 15) is 4.79 Å². The van der Waals surface area contributed by atoms with E-state index in [2.05, 4.69) is 17.3 Å². The quantitative estimate of drug-likeness (QED) is 0.869. The van der Waals surface area contributed by atoms with Gasteiger partial charge in [-0.05, 0) is 74.7 Å². The molecule has 0 aromatic rings. The highest BCUT2D eigenvalue weighted by atomic mass is 35.5. The Hall–Kier alpha value is -0.280. The van der Waals surface area contributed by atoms with Crippen LogP contribution in [0, 0.1) is 29.1 Å². The van der Waals surface area contributed by atoms with Crippen LogP contribution >= 0.6 is 12.4 Å². The zero-order valence-electron chi connectivity index (χ0n) is 13.1. The molecule has 21 heavy (non-hydrogen) atoms. The number of rotatable bonds is 3. The van der Waals surface area contributed by atoms with Crippen molar-refractivity contribution in [3.8, 4) is 0 Å². The molecule has 4 heteroatoms. The fourth-order valence-corrected chi connectivity index (χ4v) is 6.24. The van der Waals surface area contributed by atoms with Crippen LogP contribution in [0.4, 0.5) is 0 Å². The van der Waals surface area contributed by atoms with Gasteiger partial charge in [0, 0.05) is 20.1 Å². The predicted octanol–water partition coefficient (Wildman–Crippen LogP) is 2.69. The lowest BCUT2D eigenvalue weighted by molar-refractivity contribution is -0.139. The third-order valence-electron chi connectivity index (χ3n) is 6.52. The van der Waals surface area contributed by atoms with Gasteiger partial charge in [0.25, 0.3) is 0 Å². The van der Waals surface area contributed by atoms with E-state index in [1.165, 1.54) is 38.5 Å². The SMILES string of the molecule is CN(CC12CC3CC(CC(C3)C1)C2)C(=O)C1CCNC1.Cl. The summed E-state index contributed by atoms with van der Waals surface area (Å²) >= 11 is 0. The van der Waals surface area contributed by atoms with Gasteiger partial charge in [-0.15, -0.1) is 12.4 Å². The average Bonchev–Trinajstić information content (AvgIpc) is 2.89. The van der Waals surface area contributed by atoms with Crippen molar-refractivity contribution in [2.45, 2.75) is 44.9 Å². The molecule has 0 aromatic heterocycles. The Labute approximate surface area is 134 Å². The Balaban J connectivity index is 0.00000132. The van der Waals surface area contributed by atoms with Gasteiger partial charge >= 0.3 is 0 Å². The fraction of sp³-hybridized carbons (Fsp3) is 0.941. The Kier molecular flexibility index (Phi) is 4.26. The molecule has 5 rings (SSSR count). The summed E-state index contributed by atoms with van der Waals surface area (Å²) in [6.07, 6.45) is 9.71. The normalized spacial score (nSPS) is 43.7. The maximum absolute atomic E-state index is 12.6. The van der Waals surface area contributed by atoms with E-state index in [-0.39, 0.29) is 18.3 Å². The van der Waals surface area contributed by atoms with Crippen LogP contribution in [0.25, 0.3) is 0 Å². The van der Waals surface area contributed by atoms with Gasteiger partial charge in [0.15, 0.2) is 0 Å². The molecular formula is C17H29ClN2O. The van der Waals surface area contributed by atoms with E-state index >= 15 is 0 Å². The molecule has 1 N–H and O–H groups in total. The van der Waals surface area contributed by atoms with Crippen molar-refractivity contribution in [1.29, 1.82) is 0 Å². The number of carbonyl (C=O) groups excluding carboxylic acids is 1. The summed E-state index contributed by atoms with van der Waals surface area (Å²) in [7, 11) is 2.05. The molecule has 1 aliphatic heterocycles. The van der Waals surface area contributed by atoms with Crippen LogP contribution in [-0.4, -0.2) is 37.5 Å². The molecule has 1 saturated heterocycles. The molecule has 0 aromatic carbocycles. The van der Waals surface area contributed by atoms with Crippen LogP contribution in [0.15, 0.2) is 0 Å². The predicted molar refractivity (Wildman–Crippen MR) is 86.5 cm³/mol. The maximum Gasteiger partial charge on any atom is 0.226 e. The molecule has 1 unspecified atom stereocenters. The maximum atomic E-state index is 12.6. The Bertz CT molecular complexity index is 370. The first-order valence-electron chi connectivity index (χ1n) is 8.59. The number of hydrogen-bond donors (Lipinski definition) is 1. The lowest BCUT2D eigenvalue weighted by Gasteiger charge is -2.57. The molecule has 1 atom stereocenters. The van der Waals surface area contributed by atoms with Crippen LogP contribution in [0.2, 0.25) is 0 Å². The number of nitrogens with zero attached hydrogens (tertiary/aromatic N) is 1. The molecular weight excluding hydrogens is 284 g/mol. The lowest BCUT2D eigenvalue weighted by atomic mass is 9.49. The molecule has 0 radical (unpaired) electrons. The molecule has 120 valence electrons. The largest absolute Gasteiger partial charge is 0.345 e. The van der Waals surface area contributed by atoms with Gasteiger partial charge in [-0.3, -0.25) is 4.79 Å². The average molecular weight is 313 g/mol. The first-order chi connectivity index (χ1) is 9.63. The second-order valence-electron chi connectivity index (χ2n) is 8.30. The molecule has 1 amide bonds. The standard InChI is InChI=1S/C17H28N2O.ClH/c1-19(16(20)15-2-3-18-10-15)11-17-7-12-4-13(8-17)6-14(5-12)9-17;/h12-15,18H,2-11H2,1H3;1H. The summed E-state index contributed by atoms with van der Waals surface area (Å²) in [5, 5.41) is 3.32. The minimum Gasteiger partial charge on any atom is -0.345 e. The molecule has 4 bridgehead atoms. The van der Waals surface area contributed by atoms with Crippen LogP contribution in [0.1, 0.15) is 44.9 Å². The third-order valence-corrected chi connectivity index (χ3v) is 6.52. The van der Waals surface area contributed by atoms with Crippen LogP contribution in [-0.2, 0) is 4.79 Å². The van der Waals surface area contributed by atoms with Crippen LogP contribution < -0.4 is 5.32 Å². The first kappa shape index (κ1) is 15.6. The zero-order valence-corrected chi connectivity index (χ0v) is 14.0. The van der Waals surface area contributed by atoms with Crippen LogP contribution in [0.3, 0.4) is 0 Å². The number of nitrogens with one attached hydrogen (secondary N) is 1. The number of hydrogen-bond acceptors (Lipinski definition) is 2. The van der Waals surface area contributed by atoms with Gasteiger partial charge < -0.3 is 10.2 Å². The second kappa shape index (κ2) is 5.73. The lowest BCUT2D eigenvalue weighted by Crippen LogP contribution is -2.52. The molecule has 4 saturated carbocycles. The molecule has 5 fully saturated rings. The highest BCUT2D eigenvalue weighted by Crippen LogP contribution is 2.60. The molecule has 5 aliphatic rings. The van der Waals surface area contributed by atoms with Gasteiger partial charge in [0.1, 0.15) is 0 Å². The van der Waals surface area contributed by atoms with E-state index in [1.807, 2.05) is 0 Å². The van der Waals surface area contributed by atoms with Crippen molar-refractivity contribution in [3.63, 3.8) is 0 Å². The topological polar surface area (TPSA) is 32.3 Å². The van der Waals surface area contributed by atoms with Crippen molar-refractivity contribution >= 4 is 18.3 Å². The van der Waals surface area contributed by atoms with E-state index in [4.69, 9.17) is 0 Å². The van der Waals surface area contributed by atoms with Gasteiger partial charge in [-0.2, -0.15) is 0 Å². The molecule has 0 spiro atoms. The first-order valence-corrected chi connectivity index (χ1v) is 8.59. The Morgan fingerprint density at radius 1 is 1.14 bits per heavy atom. The van der Waals surface area contributed by atoms with E-state index in [1.54, 1.807) is 0 Å². The molecule has 4 aliphatic carbocycles. The van der Waals surface area contributed by atoms with E-state index in [0.29, 0.717) is 11.3 Å². The molecule has 1 heterocycles. The number of halogens is 1. The van der Waals surface area contributed by atoms with Gasteiger partial charge in [0.05, 0.1) is 5.92 Å². The molecule has 3 nitrogen and oxygen atoms in total. The zero-order chi connectivity index (χ0) is 13.7. The van der Waals surface area contributed by atoms with Crippen molar-refractivity contribution < 1.29 is 4.79 Å². The highest BCUT2D eigenvalue weighted by Gasteiger charge is 2.51. The summed E-state index contributed by atoms with van der Waals surface area (Å²) < 4.78 is 0. The third kappa shape index (κ3) is 2.84.